The predicted molar refractivity (Wildman–Crippen MR) is 92.5 cm³/mol. The first kappa shape index (κ1) is 18.8. The summed E-state index contributed by atoms with van der Waals surface area (Å²) in [5, 5.41) is 2.61. The number of hydrazine groups is 1. The zero-order valence-corrected chi connectivity index (χ0v) is 14.5. The molecule has 7 heteroatoms. The highest BCUT2D eigenvalue weighted by atomic mass is 16.5. The van der Waals surface area contributed by atoms with E-state index in [1.54, 1.807) is 12.1 Å². The largest absolute Gasteiger partial charge is 0.484 e. The molecule has 1 aliphatic carbocycles. The molecule has 1 aromatic carbocycles. The van der Waals surface area contributed by atoms with Crippen molar-refractivity contribution < 1.29 is 19.1 Å². The first-order valence-corrected chi connectivity index (χ1v) is 8.59. The smallest absolute Gasteiger partial charge is 0.276 e. The van der Waals surface area contributed by atoms with Gasteiger partial charge in [-0.2, -0.15) is 0 Å². The monoisotopic (exact) mass is 347 g/mol. The number of hydrogen-bond donors (Lipinski definition) is 3. The van der Waals surface area contributed by atoms with Gasteiger partial charge in [0.2, 0.25) is 5.91 Å². The molecular formula is C18H25N3O4. The Hall–Kier alpha value is -2.57. The van der Waals surface area contributed by atoms with E-state index in [4.69, 9.17) is 4.74 Å². The highest BCUT2D eigenvalue weighted by molar-refractivity contribution is 5.87. The van der Waals surface area contributed by atoms with Crippen LogP contribution in [0.15, 0.2) is 24.3 Å². The average Bonchev–Trinajstić information content (AvgIpc) is 2.64. The van der Waals surface area contributed by atoms with Crippen LogP contribution in [0.1, 0.15) is 37.7 Å². The van der Waals surface area contributed by atoms with Crippen molar-refractivity contribution in [3.8, 4) is 5.75 Å². The maximum Gasteiger partial charge on any atom is 0.276 e. The zero-order chi connectivity index (χ0) is 18.1. The minimum absolute atomic E-state index is 0.000879. The van der Waals surface area contributed by atoms with E-state index in [9.17, 15) is 14.4 Å². The summed E-state index contributed by atoms with van der Waals surface area (Å²) in [6.45, 7) is 1.59. The number of hydrogen-bond acceptors (Lipinski definition) is 4. The Bertz CT molecular complexity index is 595. The minimum Gasteiger partial charge on any atom is -0.484 e. The third-order valence-corrected chi connectivity index (χ3v) is 4.13. The van der Waals surface area contributed by atoms with Crippen LogP contribution in [0.4, 0.5) is 0 Å². The highest BCUT2D eigenvalue weighted by Gasteiger charge is 2.21. The summed E-state index contributed by atoms with van der Waals surface area (Å²) in [6.07, 6.45) is 5.03. The van der Waals surface area contributed by atoms with Gasteiger partial charge in [-0.05, 0) is 31.9 Å². The van der Waals surface area contributed by atoms with Crippen LogP contribution in [0, 0.1) is 12.8 Å². The summed E-state index contributed by atoms with van der Waals surface area (Å²) in [5.74, 6) is -0.477. The van der Waals surface area contributed by atoms with Gasteiger partial charge >= 0.3 is 0 Å². The van der Waals surface area contributed by atoms with Gasteiger partial charge in [0, 0.05) is 5.92 Å². The molecule has 3 N–H and O–H groups in total. The number of amides is 3. The molecule has 3 amide bonds. The Morgan fingerprint density at radius 1 is 1.00 bits per heavy atom. The van der Waals surface area contributed by atoms with E-state index in [-0.39, 0.29) is 25.0 Å². The third kappa shape index (κ3) is 6.82. The SMILES string of the molecule is Cc1ccc(OCC(=O)NNC(=O)CNC(=O)C2CCCCC2)cc1. The Labute approximate surface area is 147 Å². The van der Waals surface area contributed by atoms with Gasteiger partial charge in [0.05, 0.1) is 6.54 Å². The standard InChI is InChI=1S/C18H25N3O4/c1-13-7-9-15(10-8-13)25-12-17(23)21-20-16(22)11-19-18(24)14-5-3-2-4-6-14/h7-10,14H,2-6,11-12H2,1H3,(H,19,24)(H,20,22)(H,21,23). The second kappa shape index (κ2) is 9.66. The fourth-order valence-corrected chi connectivity index (χ4v) is 2.68. The maximum atomic E-state index is 11.9. The fraction of sp³-hybridized carbons (Fsp3) is 0.500. The molecule has 0 bridgehead atoms. The van der Waals surface area contributed by atoms with Crippen LogP contribution in [-0.2, 0) is 14.4 Å². The van der Waals surface area contributed by atoms with Gasteiger partial charge in [-0.25, -0.2) is 0 Å². The Kier molecular flexibility index (Phi) is 7.25. The maximum absolute atomic E-state index is 11.9. The molecule has 0 heterocycles. The molecule has 0 atom stereocenters. The molecule has 0 spiro atoms. The minimum atomic E-state index is -0.479. The summed E-state index contributed by atoms with van der Waals surface area (Å²) < 4.78 is 5.30. The molecule has 136 valence electrons. The molecule has 0 aromatic heterocycles. The van der Waals surface area contributed by atoms with Crippen LogP contribution in [0.5, 0.6) is 5.75 Å². The topological polar surface area (TPSA) is 96.5 Å². The molecule has 0 unspecified atom stereocenters. The van der Waals surface area contributed by atoms with Gasteiger partial charge in [0.15, 0.2) is 6.61 Å². The van der Waals surface area contributed by atoms with Crippen molar-refractivity contribution in [3.63, 3.8) is 0 Å². The van der Waals surface area contributed by atoms with Crippen LogP contribution < -0.4 is 20.9 Å². The third-order valence-electron chi connectivity index (χ3n) is 4.13. The summed E-state index contributed by atoms with van der Waals surface area (Å²) >= 11 is 0. The molecule has 0 radical (unpaired) electrons. The van der Waals surface area contributed by atoms with Crippen molar-refractivity contribution in [1.29, 1.82) is 0 Å². The summed E-state index contributed by atoms with van der Waals surface area (Å²) in [4.78, 5) is 35.2. The number of aryl methyl sites for hydroxylation is 1. The number of carbonyl (C=O) groups is 3. The second-order valence-electron chi connectivity index (χ2n) is 6.25. The molecule has 7 nitrogen and oxygen atoms in total. The lowest BCUT2D eigenvalue weighted by molar-refractivity contribution is -0.131. The molecular weight excluding hydrogens is 322 g/mol. The van der Waals surface area contributed by atoms with Gasteiger partial charge in [0.25, 0.3) is 11.8 Å². The van der Waals surface area contributed by atoms with Crippen molar-refractivity contribution in [2.24, 2.45) is 5.92 Å². The number of carbonyl (C=O) groups excluding carboxylic acids is 3. The van der Waals surface area contributed by atoms with Crippen LogP contribution in [0.3, 0.4) is 0 Å². The Morgan fingerprint density at radius 3 is 2.32 bits per heavy atom. The van der Waals surface area contributed by atoms with Crippen molar-refractivity contribution in [3.05, 3.63) is 29.8 Å². The van der Waals surface area contributed by atoms with E-state index in [1.165, 1.54) is 6.42 Å². The van der Waals surface area contributed by atoms with E-state index in [1.807, 2.05) is 19.1 Å². The van der Waals surface area contributed by atoms with E-state index >= 15 is 0 Å². The number of ether oxygens (including phenoxy) is 1. The van der Waals surface area contributed by atoms with Crippen molar-refractivity contribution >= 4 is 17.7 Å². The predicted octanol–water partition coefficient (Wildman–Crippen LogP) is 1.22. The number of benzene rings is 1. The van der Waals surface area contributed by atoms with Crippen molar-refractivity contribution in [1.82, 2.24) is 16.2 Å². The van der Waals surface area contributed by atoms with Gasteiger partial charge in [-0.3, -0.25) is 25.2 Å². The lowest BCUT2D eigenvalue weighted by Gasteiger charge is -2.20. The van der Waals surface area contributed by atoms with E-state index in [0.717, 1.165) is 31.2 Å². The van der Waals surface area contributed by atoms with Crippen molar-refractivity contribution in [2.75, 3.05) is 13.2 Å². The lowest BCUT2D eigenvalue weighted by Crippen LogP contribution is -2.48. The molecule has 0 aliphatic heterocycles. The number of nitrogens with one attached hydrogen (secondary N) is 3. The average molecular weight is 347 g/mol. The van der Waals surface area contributed by atoms with Crippen LogP contribution >= 0.6 is 0 Å². The number of rotatable bonds is 6. The van der Waals surface area contributed by atoms with Crippen LogP contribution in [-0.4, -0.2) is 30.9 Å². The first-order valence-electron chi connectivity index (χ1n) is 8.59. The molecule has 1 aliphatic rings. The molecule has 1 fully saturated rings. The van der Waals surface area contributed by atoms with Gasteiger partial charge in [-0.1, -0.05) is 37.0 Å². The van der Waals surface area contributed by atoms with Gasteiger partial charge in [0.1, 0.15) is 5.75 Å². The first-order chi connectivity index (χ1) is 12.0. The lowest BCUT2D eigenvalue weighted by atomic mass is 9.89. The molecule has 0 saturated heterocycles. The fourth-order valence-electron chi connectivity index (χ4n) is 2.68. The van der Waals surface area contributed by atoms with E-state index in [0.29, 0.717) is 5.75 Å². The molecule has 2 rings (SSSR count). The van der Waals surface area contributed by atoms with E-state index < -0.39 is 11.8 Å². The Balaban J connectivity index is 1.59. The summed E-state index contributed by atoms with van der Waals surface area (Å²) in [5.41, 5.74) is 5.60. The van der Waals surface area contributed by atoms with Gasteiger partial charge in [-0.15, -0.1) is 0 Å². The van der Waals surface area contributed by atoms with E-state index in [2.05, 4.69) is 16.2 Å². The van der Waals surface area contributed by atoms with Crippen LogP contribution in [0.25, 0.3) is 0 Å². The molecule has 25 heavy (non-hydrogen) atoms. The quantitative estimate of drug-likeness (QED) is 0.674. The molecule has 1 saturated carbocycles. The second-order valence-corrected chi connectivity index (χ2v) is 6.25. The normalized spacial score (nSPS) is 14.4. The van der Waals surface area contributed by atoms with Crippen molar-refractivity contribution in [2.45, 2.75) is 39.0 Å². The Morgan fingerprint density at radius 2 is 1.64 bits per heavy atom. The van der Waals surface area contributed by atoms with Crippen LogP contribution in [0.2, 0.25) is 0 Å². The highest BCUT2D eigenvalue weighted by Crippen LogP contribution is 2.23. The van der Waals surface area contributed by atoms with Gasteiger partial charge < -0.3 is 10.1 Å². The molecule has 1 aromatic rings. The summed E-state index contributed by atoms with van der Waals surface area (Å²) in [6, 6.07) is 7.29. The zero-order valence-electron chi connectivity index (χ0n) is 14.5. The summed E-state index contributed by atoms with van der Waals surface area (Å²) in [7, 11) is 0.